The summed E-state index contributed by atoms with van der Waals surface area (Å²) in [6.07, 6.45) is 0. The minimum Gasteiger partial charge on any atom is -0.454 e. The Morgan fingerprint density at radius 3 is 2.83 bits per heavy atom. The molecule has 0 saturated heterocycles. The highest BCUT2D eigenvalue weighted by atomic mass is 35.5. The summed E-state index contributed by atoms with van der Waals surface area (Å²) in [6, 6.07) is 10.8. The normalized spacial score (nSPS) is 12.1. The number of benzene rings is 2. The van der Waals surface area contributed by atoms with Crippen molar-refractivity contribution in [1.29, 1.82) is 0 Å². The Hall–Kier alpha value is -2.11. The second-order valence-electron chi connectivity index (χ2n) is 4.92. The number of rotatable bonds is 5. The molecule has 5 nitrogen and oxygen atoms in total. The molecule has 0 atom stereocenters. The Labute approximate surface area is 143 Å². The van der Waals surface area contributed by atoms with Gasteiger partial charge in [-0.25, -0.2) is 0 Å². The van der Waals surface area contributed by atoms with Crippen LogP contribution in [0.25, 0.3) is 0 Å². The van der Waals surface area contributed by atoms with Crippen LogP contribution in [0.5, 0.6) is 11.5 Å². The summed E-state index contributed by atoms with van der Waals surface area (Å²) in [5.41, 5.74) is 1.56. The summed E-state index contributed by atoms with van der Waals surface area (Å²) in [6.45, 7) is 0.737. The summed E-state index contributed by atoms with van der Waals surface area (Å²) < 4.78 is 10.5. The summed E-state index contributed by atoms with van der Waals surface area (Å²) in [5.74, 6) is 1.26. The predicted molar refractivity (Wildman–Crippen MR) is 89.4 cm³/mol. The van der Waals surface area contributed by atoms with E-state index in [1.165, 1.54) is 0 Å². The third-order valence-corrected chi connectivity index (χ3v) is 4.14. The number of hydrogen-bond donors (Lipinski definition) is 2. The van der Waals surface area contributed by atoms with Gasteiger partial charge in [-0.2, -0.15) is 0 Å². The Morgan fingerprint density at radius 1 is 1.13 bits per heavy atom. The van der Waals surface area contributed by atoms with Gasteiger partial charge < -0.3 is 20.1 Å². The summed E-state index contributed by atoms with van der Waals surface area (Å²) in [4.78, 5) is 11.9. The van der Waals surface area contributed by atoms with E-state index in [9.17, 15) is 4.79 Å². The molecule has 1 aliphatic heterocycles. The van der Waals surface area contributed by atoms with Gasteiger partial charge in [0.15, 0.2) is 11.5 Å². The summed E-state index contributed by atoms with van der Waals surface area (Å²) in [5, 5.41) is 6.62. The van der Waals surface area contributed by atoms with Gasteiger partial charge >= 0.3 is 0 Å². The van der Waals surface area contributed by atoms with E-state index < -0.39 is 0 Å². The standard InChI is InChI=1S/C16H14Cl2N2O3/c17-11-2-1-3-12(16(11)18)19-8-15(21)20-7-10-4-5-13-14(6-10)23-9-22-13/h1-6,19H,7-9H2,(H,20,21). The molecule has 2 N–H and O–H groups in total. The predicted octanol–water partition coefficient (Wildman–Crippen LogP) is 3.45. The molecule has 0 spiro atoms. The molecule has 0 fully saturated rings. The first-order chi connectivity index (χ1) is 11.1. The molecule has 1 amide bonds. The Balaban J connectivity index is 1.51. The average molecular weight is 353 g/mol. The van der Waals surface area contributed by atoms with Crippen molar-refractivity contribution in [3.05, 3.63) is 52.0 Å². The number of amides is 1. The molecule has 0 aromatic heterocycles. The van der Waals surface area contributed by atoms with Gasteiger partial charge in [0, 0.05) is 6.54 Å². The minimum atomic E-state index is -0.154. The van der Waals surface area contributed by atoms with Crippen LogP contribution in [0, 0.1) is 0 Å². The number of carbonyl (C=O) groups excluding carboxylic acids is 1. The van der Waals surface area contributed by atoms with E-state index in [0.29, 0.717) is 28.0 Å². The highest BCUT2D eigenvalue weighted by molar-refractivity contribution is 6.43. The lowest BCUT2D eigenvalue weighted by Gasteiger charge is -2.10. The minimum absolute atomic E-state index is 0.102. The van der Waals surface area contributed by atoms with Crippen LogP contribution < -0.4 is 20.1 Å². The second kappa shape index (κ2) is 6.98. The number of nitrogens with one attached hydrogen (secondary N) is 2. The lowest BCUT2D eigenvalue weighted by atomic mass is 10.2. The SMILES string of the molecule is O=C(CNc1cccc(Cl)c1Cl)NCc1ccc2c(c1)OCO2. The van der Waals surface area contributed by atoms with Gasteiger partial charge in [-0.3, -0.25) is 4.79 Å². The molecular formula is C16H14Cl2N2O3. The van der Waals surface area contributed by atoms with Crippen LogP contribution in [-0.2, 0) is 11.3 Å². The van der Waals surface area contributed by atoms with E-state index in [-0.39, 0.29) is 19.2 Å². The van der Waals surface area contributed by atoms with Gasteiger partial charge in [-0.15, -0.1) is 0 Å². The molecule has 1 aliphatic rings. The molecule has 0 unspecified atom stereocenters. The number of hydrogen-bond acceptors (Lipinski definition) is 4. The van der Waals surface area contributed by atoms with Crippen LogP contribution in [0.3, 0.4) is 0 Å². The molecule has 0 bridgehead atoms. The first-order valence-electron chi connectivity index (χ1n) is 6.96. The molecule has 0 saturated carbocycles. The van der Waals surface area contributed by atoms with Gasteiger partial charge in [0.25, 0.3) is 0 Å². The van der Waals surface area contributed by atoms with E-state index in [2.05, 4.69) is 10.6 Å². The van der Waals surface area contributed by atoms with Crippen molar-refractivity contribution < 1.29 is 14.3 Å². The van der Waals surface area contributed by atoms with Crippen LogP contribution in [0.2, 0.25) is 10.0 Å². The van der Waals surface area contributed by atoms with Gasteiger partial charge in [0.2, 0.25) is 12.7 Å². The van der Waals surface area contributed by atoms with Gasteiger partial charge in [-0.1, -0.05) is 35.3 Å². The van der Waals surface area contributed by atoms with Crippen molar-refractivity contribution in [1.82, 2.24) is 5.32 Å². The Kier molecular flexibility index (Phi) is 4.79. The molecule has 0 radical (unpaired) electrons. The Morgan fingerprint density at radius 2 is 1.96 bits per heavy atom. The lowest BCUT2D eigenvalue weighted by molar-refractivity contribution is -0.119. The van der Waals surface area contributed by atoms with Crippen molar-refractivity contribution in [2.24, 2.45) is 0 Å². The number of halogens is 2. The third kappa shape index (κ3) is 3.81. The Bertz CT molecular complexity index is 737. The molecule has 3 rings (SSSR count). The zero-order chi connectivity index (χ0) is 16.2. The van der Waals surface area contributed by atoms with Crippen molar-refractivity contribution >= 4 is 34.8 Å². The summed E-state index contributed by atoms with van der Waals surface area (Å²) in [7, 11) is 0. The molecule has 23 heavy (non-hydrogen) atoms. The van der Waals surface area contributed by atoms with Gasteiger partial charge in [0.1, 0.15) is 0 Å². The maximum atomic E-state index is 11.9. The van der Waals surface area contributed by atoms with Crippen molar-refractivity contribution in [2.45, 2.75) is 6.54 Å². The number of anilines is 1. The van der Waals surface area contributed by atoms with Crippen molar-refractivity contribution in [3.8, 4) is 11.5 Å². The first kappa shape index (κ1) is 15.8. The maximum absolute atomic E-state index is 11.9. The summed E-state index contributed by atoms with van der Waals surface area (Å²) >= 11 is 12.0. The number of carbonyl (C=O) groups is 1. The smallest absolute Gasteiger partial charge is 0.239 e. The number of fused-ring (bicyclic) bond motifs is 1. The molecule has 2 aromatic rings. The van der Waals surface area contributed by atoms with E-state index in [0.717, 1.165) is 11.3 Å². The topological polar surface area (TPSA) is 59.6 Å². The second-order valence-corrected chi connectivity index (χ2v) is 5.70. The first-order valence-corrected chi connectivity index (χ1v) is 7.72. The largest absolute Gasteiger partial charge is 0.454 e. The van der Waals surface area contributed by atoms with Crippen LogP contribution >= 0.6 is 23.2 Å². The maximum Gasteiger partial charge on any atom is 0.239 e. The fraction of sp³-hybridized carbons (Fsp3) is 0.188. The fourth-order valence-corrected chi connectivity index (χ4v) is 2.50. The van der Waals surface area contributed by atoms with E-state index in [4.69, 9.17) is 32.7 Å². The average Bonchev–Trinajstić information content (AvgIpc) is 3.02. The van der Waals surface area contributed by atoms with Gasteiger partial charge in [-0.05, 0) is 29.8 Å². The highest BCUT2D eigenvalue weighted by Crippen LogP contribution is 2.32. The molecular weight excluding hydrogens is 339 g/mol. The van der Waals surface area contributed by atoms with Gasteiger partial charge in [0.05, 0.1) is 22.3 Å². The fourth-order valence-electron chi connectivity index (χ4n) is 2.13. The van der Waals surface area contributed by atoms with Crippen LogP contribution in [0.1, 0.15) is 5.56 Å². The van der Waals surface area contributed by atoms with Crippen LogP contribution in [-0.4, -0.2) is 19.2 Å². The van der Waals surface area contributed by atoms with Crippen molar-refractivity contribution in [2.75, 3.05) is 18.7 Å². The molecule has 1 heterocycles. The van der Waals surface area contributed by atoms with Crippen molar-refractivity contribution in [3.63, 3.8) is 0 Å². The van der Waals surface area contributed by atoms with Crippen LogP contribution in [0.4, 0.5) is 5.69 Å². The molecule has 2 aromatic carbocycles. The number of ether oxygens (including phenoxy) is 2. The monoisotopic (exact) mass is 352 g/mol. The zero-order valence-corrected chi connectivity index (χ0v) is 13.6. The lowest BCUT2D eigenvalue weighted by Crippen LogP contribution is -2.29. The molecule has 0 aliphatic carbocycles. The highest BCUT2D eigenvalue weighted by Gasteiger charge is 2.13. The zero-order valence-electron chi connectivity index (χ0n) is 12.1. The van der Waals surface area contributed by atoms with E-state index in [1.54, 1.807) is 18.2 Å². The molecule has 7 heteroatoms. The van der Waals surface area contributed by atoms with E-state index >= 15 is 0 Å². The quantitative estimate of drug-likeness (QED) is 0.865. The van der Waals surface area contributed by atoms with E-state index in [1.807, 2.05) is 18.2 Å². The third-order valence-electron chi connectivity index (χ3n) is 3.32. The molecule has 120 valence electrons. The van der Waals surface area contributed by atoms with Crippen LogP contribution in [0.15, 0.2) is 36.4 Å².